The number of hydrogen-bond donors (Lipinski definition) is 1. The van der Waals surface area contributed by atoms with Gasteiger partial charge in [0, 0.05) is 22.9 Å². The van der Waals surface area contributed by atoms with Gasteiger partial charge in [0.25, 0.3) is 5.56 Å². The maximum absolute atomic E-state index is 13.2. The number of benzene rings is 3. The van der Waals surface area contributed by atoms with Gasteiger partial charge in [0.05, 0.1) is 16.6 Å². The molecule has 5 rings (SSSR count). The third kappa shape index (κ3) is 2.90. The second kappa shape index (κ2) is 7.02. The number of fused-ring (bicyclic) bond motifs is 2. The van der Waals surface area contributed by atoms with E-state index in [2.05, 4.69) is 17.1 Å². The molecular formula is C23H17N3OS. The zero-order valence-electron chi connectivity index (χ0n) is 15.0. The summed E-state index contributed by atoms with van der Waals surface area (Å²) in [7, 11) is 0. The Bertz CT molecular complexity index is 1340. The molecule has 0 aliphatic heterocycles. The number of aromatic amines is 1. The fraction of sp³-hybridized carbons (Fsp3) is 0.0435. The Labute approximate surface area is 165 Å². The lowest BCUT2D eigenvalue weighted by Crippen LogP contribution is -2.21. The lowest BCUT2D eigenvalue weighted by Gasteiger charge is -2.13. The predicted octanol–water partition coefficient (Wildman–Crippen LogP) is 5.16. The fourth-order valence-corrected chi connectivity index (χ4v) is 4.41. The number of hydrogen-bond acceptors (Lipinski definition) is 3. The van der Waals surface area contributed by atoms with Crippen LogP contribution < -0.4 is 5.56 Å². The fourth-order valence-electron chi connectivity index (χ4n) is 3.41. The van der Waals surface area contributed by atoms with Crippen LogP contribution in [0.25, 0.3) is 27.5 Å². The topological polar surface area (TPSA) is 50.7 Å². The molecule has 0 aliphatic carbocycles. The van der Waals surface area contributed by atoms with Crippen LogP contribution in [0.4, 0.5) is 0 Å². The Kier molecular flexibility index (Phi) is 4.22. The van der Waals surface area contributed by atoms with Gasteiger partial charge in [0.1, 0.15) is 0 Å². The van der Waals surface area contributed by atoms with Crippen molar-refractivity contribution in [2.24, 2.45) is 0 Å². The summed E-state index contributed by atoms with van der Waals surface area (Å²) in [4.78, 5) is 21.3. The van der Waals surface area contributed by atoms with Gasteiger partial charge < -0.3 is 4.98 Å². The average molecular weight is 383 g/mol. The van der Waals surface area contributed by atoms with Crippen LogP contribution in [0.1, 0.15) is 5.56 Å². The molecule has 0 saturated heterocycles. The van der Waals surface area contributed by atoms with Crippen molar-refractivity contribution in [2.75, 3.05) is 0 Å². The van der Waals surface area contributed by atoms with Gasteiger partial charge in [-0.2, -0.15) is 0 Å². The van der Waals surface area contributed by atoms with Crippen molar-refractivity contribution in [2.45, 2.75) is 10.9 Å². The molecule has 28 heavy (non-hydrogen) atoms. The van der Waals surface area contributed by atoms with E-state index >= 15 is 0 Å². The van der Waals surface area contributed by atoms with Gasteiger partial charge in [0.15, 0.2) is 5.16 Å². The Morgan fingerprint density at radius 1 is 0.857 bits per heavy atom. The maximum atomic E-state index is 13.2. The van der Waals surface area contributed by atoms with Crippen LogP contribution in [-0.4, -0.2) is 14.5 Å². The Hall–Kier alpha value is -3.31. The minimum atomic E-state index is -0.0433. The lowest BCUT2D eigenvalue weighted by molar-refractivity contribution is 0.820. The summed E-state index contributed by atoms with van der Waals surface area (Å²) in [6.45, 7) is 0. The molecule has 5 heteroatoms. The van der Waals surface area contributed by atoms with E-state index < -0.39 is 0 Å². The Balaban J connectivity index is 1.62. The maximum Gasteiger partial charge on any atom is 0.266 e. The summed E-state index contributed by atoms with van der Waals surface area (Å²) in [6, 6.07) is 25.4. The highest BCUT2D eigenvalue weighted by atomic mass is 32.2. The molecule has 0 unspecified atom stereocenters. The third-order valence-electron chi connectivity index (χ3n) is 4.79. The molecule has 0 spiro atoms. The number of para-hydroxylation sites is 3. The van der Waals surface area contributed by atoms with Gasteiger partial charge in [0.2, 0.25) is 0 Å². The van der Waals surface area contributed by atoms with Crippen LogP contribution in [0.5, 0.6) is 0 Å². The van der Waals surface area contributed by atoms with Crippen LogP contribution >= 0.6 is 11.8 Å². The third-order valence-corrected chi connectivity index (χ3v) is 5.78. The van der Waals surface area contributed by atoms with E-state index in [4.69, 9.17) is 4.98 Å². The van der Waals surface area contributed by atoms with Crippen LogP contribution in [0.2, 0.25) is 0 Å². The lowest BCUT2D eigenvalue weighted by atomic mass is 10.2. The first-order valence-corrected chi connectivity index (χ1v) is 10.0. The highest BCUT2D eigenvalue weighted by molar-refractivity contribution is 7.98. The zero-order valence-corrected chi connectivity index (χ0v) is 15.8. The Morgan fingerprint density at radius 2 is 1.57 bits per heavy atom. The molecule has 0 saturated carbocycles. The first kappa shape index (κ1) is 16.8. The van der Waals surface area contributed by atoms with Gasteiger partial charge in [-0.05, 0) is 35.9 Å². The molecule has 0 aliphatic rings. The van der Waals surface area contributed by atoms with E-state index in [0.29, 0.717) is 10.5 Å². The number of H-pyrrole nitrogens is 1. The summed E-state index contributed by atoms with van der Waals surface area (Å²) in [5.74, 6) is 0.724. The second-order valence-corrected chi connectivity index (χ2v) is 7.48. The van der Waals surface area contributed by atoms with Gasteiger partial charge in [-0.3, -0.25) is 9.36 Å². The van der Waals surface area contributed by atoms with Crippen molar-refractivity contribution in [3.8, 4) is 5.69 Å². The molecule has 5 aromatic rings. The molecule has 2 heterocycles. The number of thioether (sulfide) groups is 1. The molecule has 0 radical (unpaired) electrons. The van der Waals surface area contributed by atoms with Gasteiger partial charge in [-0.25, -0.2) is 4.98 Å². The van der Waals surface area contributed by atoms with Crippen molar-refractivity contribution in [1.29, 1.82) is 0 Å². The molecule has 0 atom stereocenters. The minimum Gasteiger partial charge on any atom is -0.361 e. The normalized spacial score (nSPS) is 11.3. The summed E-state index contributed by atoms with van der Waals surface area (Å²) in [5.41, 5.74) is 3.82. The van der Waals surface area contributed by atoms with Crippen LogP contribution in [0, 0.1) is 0 Å². The first-order chi connectivity index (χ1) is 13.8. The van der Waals surface area contributed by atoms with E-state index in [0.717, 1.165) is 22.5 Å². The van der Waals surface area contributed by atoms with Crippen LogP contribution in [-0.2, 0) is 5.75 Å². The highest BCUT2D eigenvalue weighted by Crippen LogP contribution is 2.28. The standard InChI is InChI=1S/C23H17N3OS/c27-22-19-11-5-7-13-21(19)25-23(26(22)17-8-2-1-3-9-17)28-15-16-14-24-20-12-6-4-10-18(16)20/h1-14,24H,15H2. The molecule has 4 nitrogen and oxygen atoms in total. The second-order valence-electron chi connectivity index (χ2n) is 6.54. The minimum absolute atomic E-state index is 0.0433. The van der Waals surface area contributed by atoms with Gasteiger partial charge in [-0.1, -0.05) is 60.3 Å². The molecular weight excluding hydrogens is 366 g/mol. The van der Waals surface area contributed by atoms with Crippen molar-refractivity contribution in [1.82, 2.24) is 14.5 Å². The molecule has 3 aromatic carbocycles. The highest BCUT2D eigenvalue weighted by Gasteiger charge is 2.14. The van der Waals surface area contributed by atoms with E-state index in [1.54, 1.807) is 16.3 Å². The number of aromatic nitrogens is 3. The largest absolute Gasteiger partial charge is 0.361 e. The van der Waals surface area contributed by atoms with Crippen molar-refractivity contribution < 1.29 is 0 Å². The van der Waals surface area contributed by atoms with Crippen molar-refractivity contribution in [3.63, 3.8) is 0 Å². The molecule has 0 fully saturated rings. The van der Waals surface area contributed by atoms with E-state index in [-0.39, 0.29) is 5.56 Å². The summed E-state index contributed by atoms with van der Waals surface area (Å²) < 4.78 is 1.71. The zero-order chi connectivity index (χ0) is 18.9. The number of rotatable bonds is 4. The number of nitrogens with one attached hydrogen (secondary N) is 1. The number of nitrogens with zero attached hydrogens (tertiary/aromatic N) is 2. The first-order valence-electron chi connectivity index (χ1n) is 9.06. The summed E-state index contributed by atoms with van der Waals surface area (Å²) in [5, 5.41) is 2.52. The van der Waals surface area contributed by atoms with E-state index in [9.17, 15) is 4.79 Å². The Morgan fingerprint density at radius 3 is 2.43 bits per heavy atom. The monoisotopic (exact) mass is 383 g/mol. The van der Waals surface area contributed by atoms with Crippen LogP contribution in [0.3, 0.4) is 0 Å². The smallest absolute Gasteiger partial charge is 0.266 e. The quantitative estimate of drug-likeness (QED) is 0.344. The SMILES string of the molecule is O=c1c2ccccc2nc(SCc2c[nH]c3ccccc23)n1-c1ccccc1. The van der Waals surface area contributed by atoms with Crippen molar-refractivity contribution >= 4 is 33.6 Å². The molecule has 136 valence electrons. The summed E-state index contributed by atoms with van der Waals surface area (Å²) in [6.07, 6.45) is 2.03. The average Bonchev–Trinajstić information content (AvgIpc) is 3.16. The van der Waals surface area contributed by atoms with E-state index in [1.807, 2.05) is 72.9 Å². The van der Waals surface area contributed by atoms with E-state index in [1.165, 1.54) is 10.9 Å². The predicted molar refractivity (Wildman–Crippen MR) is 115 cm³/mol. The van der Waals surface area contributed by atoms with Gasteiger partial charge >= 0.3 is 0 Å². The molecule has 1 N–H and O–H groups in total. The van der Waals surface area contributed by atoms with Gasteiger partial charge in [-0.15, -0.1) is 0 Å². The molecule has 0 bridgehead atoms. The molecule has 2 aromatic heterocycles. The van der Waals surface area contributed by atoms with Crippen molar-refractivity contribution in [3.05, 3.63) is 101 Å². The van der Waals surface area contributed by atoms with Crippen LogP contribution in [0.15, 0.2) is 95.0 Å². The molecule has 0 amide bonds. The summed E-state index contributed by atoms with van der Waals surface area (Å²) >= 11 is 1.58.